The lowest BCUT2D eigenvalue weighted by Gasteiger charge is -2.13. The molecule has 0 radical (unpaired) electrons. The van der Waals surface area contributed by atoms with Crippen LogP contribution >= 0.6 is 22.9 Å². The maximum Gasteiger partial charge on any atom is 0.304 e. The summed E-state index contributed by atoms with van der Waals surface area (Å²) < 4.78 is 14.1. The summed E-state index contributed by atoms with van der Waals surface area (Å²) in [6.07, 6.45) is 0. The van der Waals surface area contributed by atoms with Gasteiger partial charge in [-0.05, 0) is 25.1 Å². The summed E-state index contributed by atoms with van der Waals surface area (Å²) in [5.41, 5.74) is -0.0440. The molecule has 1 aromatic heterocycles. The summed E-state index contributed by atoms with van der Waals surface area (Å²) in [5.74, 6) is -0.855. The van der Waals surface area contributed by atoms with Gasteiger partial charge in [-0.3, -0.25) is 10.1 Å². The predicted octanol–water partition coefficient (Wildman–Crippen LogP) is 4.62. The minimum absolute atomic E-state index is 0.0571. The average Bonchev–Trinajstić information content (AvgIpc) is 2.75. The minimum atomic E-state index is -0.855. The zero-order valence-corrected chi connectivity index (χ0v) is 11.5. The molecule has 0 aliphatic rings. The fraction of sp³-hybridized carbons (Fsp3) is 0.167. The molecule has 0 aliphatic carbocycles. The highest BCUT2D eigenvalue weighted by molar-refractivity contribution is 7.16. The number of nitro groups is 1. The SMILES string of the molecule is CC(Nc1ccc([N+](=O)[O-])c(F)c1)c1ccc(Cl)s1. The van der Waals surface area contributed by atoms with E-state index in [0.717, 1.165) is 17.0 Å². The summed E-state index contributed by atoms with van der Waals surface area (Å²) >= 11 is 7.27. The summed E-state index contributed by atoms with van der Waals surface area (Å²) in [6.45, 7) is 1.90. The fourth-order valence-corrected chi connectivity index (χ4v) is 2.69. The molecule has 0 aliphatic heterocycles. The molecule has 2 aromatic rings. The van der Waals surface area contributed by atoms with Gasteiger partial charge in [0.2, 0.25) is 5.82 Å². The van der Waals surface area contributed by atoms with Gasteiger partial charge in [0.25, 0.3) is 0 Å². The number of halogens is 2. The third-order valence-corrected chi connectivity index (χ3v) is 3.96. The van der Waals surface area contributed by atoms with E-state index in [9.17, 15) is 14.5 Å². The Hall–Kier alpha value is -1.66. The number of hydrogen-bond acceptors (Lipinski definition) is 4. The summed E-state index contributed by atoms with van der Waals surface area (Å²) in [4.78, 5) is 10.8. The van der Waals surface area contributed by atoms with E-state index in [1.54, 1.807) is 6.07 Å². The number of thiophene rings is 1. The van der Waals surface area contributed by atoms with Crippen molar-refractivity contribution in [3.8, 4) is 0 Å². The fourth-order valence-electron chi connectivity index (χ4n) is 1.63. The van der Waals surface area contributed by atoms with Crippen molar-refractivity contribution in [1.82, 2.24) is 0 Å². The van der Waals surface area contributed by atoms with E-state index in [4.69, 9.17) is 11.6 Å². The van der Waals surface area contributed by atoms with Crippen LogP contribution in [-0.4, -0.2) is 4.92 Å². The first-order valence-electron chi connectivity index (χ1n) is 5.43. The molecule has 0 saturated heterocycles. The van der Waals surface area contributed by atoms with Crippen LogP contribution in [0.2, 0.25) is 4.34 Å². The Bertz CT molecular complexity index is 618. The van der Waals surface area contributed by atoms with Gasteiger partial charge in [0.15, 0.2) is 0 Å². The smallest absolute Gasteiger partial charge is 0.304 e. The normalized spacial score (nSPS) is 12.2. The number of benzene rings is 1. The number of anilines is 1. The molecule has 0 spiro atoms. The van der Waals surface area contributed by atoms with Crippen LogP contribution < -0.4 is 5.32 Å². The van der Waals surface area contributed by atoms with E-state index in [1.807, 2.05) is 13.0 Å². The summed E-state index contributed by atoms with van der Waals surface area (Å²) in [7, 11) is 0. The molecule has 1 atom stereocenters. The van der Waals surface area contributed by atoms with Gasteiger partial charge in [-0.15, -0.1) is 11.3 Å². The zero-order chi connectivity index (χ0) is 14.0. The second kappa shape index (κ2) is 5.54. The summed E-state index contributed by atoms with van der Waals surface area (Å²) in [5, 5.41) is 13.6. The monoisotopic (exact) mass is 300 g/mol. The lowest BCUT2D eigenvalue weighted by molar-refractivity contribution is -0.387. The van der Waals surface area contributed by atoms with Gasteiger partial charge < -0.3 is 5.32 Å². The van der Waals surface area contributed by atoms with E-state index < -0.39 is 16.4 Å². The van der Waals surface area contributed by atoms with Gasteiger partial charge in [-0.1, -0.05) is 11.6 Å². The maximum absolute atomic E-state index is 13.5. The topological polar surface area (TPSA) is 55.2 Å². The van der Waals surface area contributed by atoms with Crippen LogP contribution in [0.4, 0.5) is 15.8 Å². The highest BCUT2D eigenvalue weighted by Gasteiger charge is 2.15. The number of nitrogens with one attached hydrogen (secondary N) is 1. The number of nitrogens with zero attached hydrogens (tertiary/aromatic N) is 1. The van der Waals surface area contributed by atoms with Gasteiger partial charge in [0, 0.05) is 22.7 Å². The molecule has 4 nitrogen and oxygen atoms in total. The van der Waals surface area contributed by atoms with Crippen LogP contribution in [0.25, 0.3) is 0 Å². The van der Waals surface area contributed by atoms with Crippen molar-refractivity contribution in [2.24, 2.45) is 0 Å². The van der Waals surface area contributed by atoms with Crippen LogP contribution in [0.3, 0.4) is 0 Å². The van der Waals surface area contributed by atoms with Crippen LogP contribution in [0, 0.1) is 15.9 Å². The quantitative estimate of drug-likeness (QED) is 0.662. The lowest BCUT2D eigenvalue weighted by Crippen LogP contribution is -2.05. The van der Waals surface area contributed by atoms with Gasteiger partial charge in [-0.25, -0.2) is 0 Å². The molecule has 1 unspecified atom stereocenters. The molecular formula is C12H10ClFN2O2S. The Morgan fingerprint density at radius 1 is 1.42 bits per heavy atom. The van der Waals surface area contributed by atoms with Crippen molar-refractivity contribution in [3.05, 3.63) is 55.5 Å². The van der Waals surface area contributed by atoms with Crippen molar-refractivity contribution in [1.29, 1.82) is 0 Å². The average molecular weight is 301 g/mol. The molecule has 0 bridgehead atoms. The van der Waals surface area contributed by atoms with E-state index >= 15 is 0 Å². The first-order chi connectivity index (χ1) is 8.97. The molecule has 19 heavy (non-hydrogen) atoms. The molecule has 7 heteroatoms. The van der Waals surface area contributed by atoms with Crippen molar-refractivity contribution < 1.29 is 9.31 Å². The van der Waals surface area contributed by atoms with Crippen LogP contribution in [-0.2, 0) is 0 Å². The second-order valence-corrected chi connectivity index (χ2v) is 5.68. The molecule has 2 rings (SSSR count). The first-order valence-corrected chi connectivity index (χ1v) is 6.62. The minimum Gasteiger partial charge on any atom is -0.378 e. The molecule has 1 N–H and O–H groups in total. The molecular weight excluding hydrogens is 291 g/mol. The molecule has 0 amide bonds. The molecule has 0 fully saturated rings. The molecule has 1 heterocycles. The van der Waals surface area contributed by atoms with Gasteiger partial charge in [-0.2, -0.15) is 4.39 Å². The van der Waals surface area contributed by atoms with Crippen molar-refractivity contribution in [2.75, 3.05) is 5.32 Å². The van der Waals surface area contributed by atoms with Crippen molar-refractivity contribution in [2.45, 2.75) is 13.0 Å². The number of rotatable bonds is 4. The Kier molecular flexibility index (Phi) is 4.01. The first kappa shape index (κ1) is 13.8. The molecule has 100 valence electrons. The largest absolute Gasteiger partial charge is 0.378 e. The highest BCUT2D eigenvalue weighted by Crippen LogP contribution is 2.30. The highest BCUT2D eigenvalue weighted by atomic mass is 35.5. The van der Waals surface area contributed by atoms with Crippen molar-refractivity contribution in [3.63, 3.8) is 0 Å². The zero-order valence-electron chi connectivity index (χ0n) is 9.89. The Labute approximate surface area is 118 Å². The van der Waals surface area contributed by atoms with Crippen molar-refractivity contribution >= 4 is 34.3 Å². The Balaban J connectivity index is 2.15. The third kappa shape index (κ3) is 3.21. The second-order valence-electron chi connectivity index (χ2n) is 3.93. The van der Waals surface area contributed by atoms with Gasteiger partial charge in [0.1, 0.15) is 0 Å². The molecule has 1 aromatic carbocycles. The molecule has 0 saturated carbocycles. The van der Waals surface area contributed by atoms with E-state index in [2.05, 4.69) is 5.32 Å². The number of hydrogen-bond donors (Lipinski definition) is 1. The standard InChI is InChI=1S/C12H10ClFN2O2S/c1-7(11-4-5-12(13)19-11)15-8-2-3-10(16(17)18)9(14)6-8/h2-7,15H,1H3. The van der Waals surface area contributed by atoms with Crippen LogP contribution in [0.5, 0.6) is 0 Å². The summed E-state index contributed by atoms with van der Waals surface area (Å²) in [6, 6.07) is 7.35. The number of nitro benzene ring substituents is 1. The lowest BCUT2D eigenvalue weighted by atomic mass is 10.2. The van der Waals surface area contributed by atoms with Crippen LogP contribution in [0.15, 0.2) is 30.3 Å². The maximum atomic E-state index is 13.5. The van der Waals surface area contributed by atoms with Crippen LogP contribution in [0.1, 0.15) is 17.8 Å². The van der Waals surface area contributed by atoms with Gasteiger partial charge >= 0.3 is 5.69 Å². The van der Waals surface area contributed by atoms with E-state index in [1.165, 1.54) is 17.4 Å². The Morgan fingerprint density at radius 3 is 2.68 bits per heavy atom. The van der Waals surface area contributed by atoms with E-state index in [-0.39, 0.29) is 6.04 Å². The van der Waals surface area contributed by atoms with Gasteiger partial charge in [0.05, 0.1) is 15.3 Å². The predicted molar refractivity (Wildman–Crippen MR) is 74.4 cm³/mol. The third-order valence-electron chi connectivity index (χ3n) is 2.55. The van der Waals surface area contributed by atoms with E-state index in [0.29, 0.717) is 10.0 Å². The Morgan fingerprint density at radius 2 is 2.16 bits per heavy atom.